The predicted octanol–water partition coefficient (Wildman–Crippen LogP) is 2.84. The van der Waals surface area contributed by atoms with Crippen LogP contribution in [0.15, 0.2) is 61.2 Å². The third kappa shape index (κ3) is 2.81. The van der Waals surface area contributed by atoms with Crippen LogP contribution in [-0.2, 0) is 21.7 Å². The summed E-state index contributed by atoms with van der Waals surface area (Å²) in [7, 11) is 4.02. The Morgan fingerprint density at radius 3 is 2.59 bits per heavy atom. The number of anilines is 1. The minimum absolute atomic E-state index is 0.326. The van der Waals surface area contributed by atoms with Crippen LogP contribution in [0, 0.1) is 0 Å². The Bertz CT molecular complexity index is 1270. The van der Waals surface area contributed by atoms with E-state index in [0.717, 1.165) is 40.0 Å². The average molecular weight is 428 g/mol. The van der Waals surface area contributed by atoms with Crippen LogP contribution < -0.4 is 5.32 Å². The molecule has 0 radical (unpaired) electrons. The van der Waals surface area contributed by atoms with Crippen LogP contribution in [0.2, 0.25) is 0 Å². The van der Waals surface area contributed by atoms with Gasteiger partial charge in [-0.05, 0) is 31.8 Å². The Morgan fingerprint density at radius 2 is 1.88 bits per heavy atom. The summed E-state index contributed by atoms with van der Waals surface area (Å²) in [5.74, 6) is -0.652. The van der Waals surface area contributed by atoms with Crippen LogP contribution in [0.3, 0.4) is 0 Å². The summed E-state index contributed by atoms with van der Waals surface area (Å²) in [6, 6.07) is 13.8. The van der Waals surface area contributed by atoms with E-state index in [-0.39, 0.29) is 11.8 Å². The van der Waals surface area contributed by atoms with Gasteiger partial charge in [0.25, 0.3) is 11.8 Å². The molecule has 2 aliphatic heterocycles. The summed E-state index contributed by atoms with van der Waals surface area (Å²) in [6.45, 7) is 5.75. The summed E-state index contributed by atoms with van der Waals surface area (Å²) >= 11 is 0. The molecule has 2 aliphatic rings. The van der Waals surface area contributed by atoms with Crippen LogP contribution in [0.5, 0.6) is 0 Å². The molecule has 3 heterocycles. The number of nitrogens with zero attached hydrogens (tertiary/aromatic N) is 4. The molecule has 162 valence electrons. The number of hydrogen-bond donors (Lipinski definition) is 1. The van der Waals surface area contributed by atoms with E-state index in [0.29, 0.717) is 13.1 Å². The Morgan fingerprint density at radius 1 is 1.12 bits per heavy atom. The second-order valence-corrected chi connectivity index (χ2v) is 8.43. The number of benzene rings is 2. The number of aromatic nitrogens is 2. The molecule has 7 nitrogen and oxygen atoms in total. The van der Waals surface area contributed by atoms with Crippen LogP contribution in [0.4, 0.5) is 5.69 Å². The topological polar surface area (TPSA) is 70.5 Å². The maximum absolute atomic E-state index is 13.1. The molecule has 5 rings (SSSR count). The van der Waals surface area contributed by atoms with Crippen molar-refractivity contribution in [1.82, 2.24) is 19.6 Å². The number of hydrogen-bond acceptors (Lipinski definition) is 5. The van der Waals surface area contributed by atoms with Crippen molar-refractivity contribution in [3.05, 3.63) is 78.0 Å². The highest BCUT2D eigenvalue weighted by Crippen LogP contribution is 2.49. The summed E-state index contributed by atoms with van der Waals surface area (Å²) in [5.41, 5.74) is 3.25. The van der Waals surface area contributed by atoms with Crippen molar-refractivity contribution in [3.8, 4) is 0 Å². The predicted molar refractivity (Wildman–Crippen MR) is 125 cm³/mol. The van der Waals surface area contributed by atoms with Gasteiger partial charge >= 0.3 is 0 Å². The van der Waals surface area contributed by atoms with Crippen molar-refractivity contribution in [3.63, 3.8) is 0 Å². The number of likely N-dealkylation sites (N-methyl/N-ethyl adjacent to an activating group) is 1. The molecule has 0 aliphatic carbocycles. The first-order valence-corrected chi connectivity index (χ1v) is 10.6. The third-order valence-corrected chi connectivity index (χ3v) is 6.25. The van der Waals surface area contributed by atoms with Gasteiger partial charge in [0.15, 0.2) is 0 Å². The fraction of sp³-hybridized carbons (Fsp3) is 0.240. The first kappa shape index (κ1) is 20.2. The lowest BCUT2D eigenvalue weighted by atomic mass is 9.81. The van der Waals surface area contributed by atoms with Gasteiger partial charge in [0.2, 0.25) is 0 Å². The monoisotopic (exact) mass is 427 g/mol. The smallest absolute Gasteiger partial charge is 0.254 e. The quantitative estimate of drug-likeness (QED) is 0.613. The van der Waals surface area contributed by atoms with Crippen LogP contribution in [0.25, 0.3) is 17.0 Å². The van der Waals surface area contributed by atoms with Gasteiger partial charge in [0.05, 0.1) is 17.8 Å². The zero-order valence-electron chi connectivity index (χ0n) is 18.2. The number of carbonyl (C=O) groups excluding carboxylic acids is 2. The molecule has 3 aromatic rings. The van der Waals surface area contributed by atoms with Gasteiger partial charge in [-0.1, -0.05) is 43.0 Å². The van der Waals surface area contributed by atoms with E-state index in [4.69, 9.17) is 5.10 Å². The van der Waals surface area contributed by atoms with Crippen molar-refractivity contribution in [2.75, 3.05) is 32.5 Å². The van der Waals surface area contributed by atoms with Crippen molar-refractivity contribution >= 4 is 34.5 Å². The highest BCUT2D eigenvalue weighted by molar-refractivity contribution is 6.14. The van der Waals surface area contributed by atoms with E-state index in [1.807, 2.05) is 61.2 Å². The first-order chi connectivity index (χ1) is 15.5. The SMILES string of the molecule is C=Cc1cccc2c1C(c1c3ccccc3nn1CCN(C)C)(N1C(=O)C=CC1=O)CN2. The normalized spacial score (nSPS) is 19.8. The molecule has 0 saturated carbocycles. The zero-order valence-corrected chi connectivity index (χ0v) is 18.2. The van der Waals surface area contributed by atoms with Crippen molar-refractivity contribution in [2.45, 2.75) is 12.1 Å². The van der Waals surface area contributed by atoms with Crippen LogP contribution in [0.1, 0.15) is 16.8 Å². The summed E-state index contributed by atoms with van der Waals surface area (Å²) in [4.78, 5) is 29.7. The van der Waals surface area contributed by atoms with Gasteiger partial charge in [-0.15, -0.1) is 0 Å². The molecule has 0 fully saturated rings. The fourth-order valence-electron chi connectivity index (χ4n) is 4.91. The molecule has 2 aromatic carbocycles. The molecule has 2 amide bonds. The van der Waals surface area contributed by atoms with E-state index in [1.54, 1.807) is 6.08 Å². The van der Waals surface area contributed by atoms with Gasteiger partial charge in [0, 0.05) is 41.9 Å². The Kier molecular flexibility index (Phi) is 4.71. The van der Waals surface area contributed by atoms with Gasteiger partial charge in [-0.25, -0.2) is 0 Å². The van der Waals surface area contributed by atoms with Gasteiger partial charge in [-0.3, -0.25) is 19.2 Å². The van der Waals surface area contributed by atoms with Crippen LogP contribution in [-0.4, -0.2) is 58.6 Å². The molecular weight excluding hydrogens is 402 g/mol. The fourth-order valence-corrected chi connectivity index (χ4v) is 4.91. The van der Waals surface area contributed by atoms with Gasteiger partial charge < -0.3 is 10.2 Å². The zero-order chi connectivity index (χ0) is 22.5. The molecule has 0 spiro atoms. The van der Waals surface area contributed by atoms with E-state index in [9.17, 15) is 9.59 Å². The minimum atomic E-state index is -1.06. The number of fused-ring (bicyclic) bond motifs is 2. The molecule has 1 aromatic heterocycles. The minimum Gasteiger partial charge on any atom is -0.382 e. The van der Waals surface area contributed by atoms with E-state index in [1.165, 1.54) is 17.1 Å². The van der Waals surface area contributed by atoms with E-state index in [2.05, 4.69) is 16.8 Å². The summed E-state index contributed by atoms with van der Waals surface area (Å²) in [5, 5.41) is 9.27. The summed E-state index contributed by atoms with van der Waals surface area (Å²) in [6.07, 6.45) is 4.48. The molecule has 7 heteroatoms. The van der Waals surface area contributed by atoms with Crippen LogP contribution >= 0.6 is 0 Å². The molecule has 0 bridgehead atoms. The molecule has 1 N–H and O–H groups in total. The number of rotatable bonds is 6. The highest BCUT2D eigenvalue weighted by Gasteiger charge is 2.54. The Balaban J connectivity index is 1.87. The lowest BCUT2D eigenvalue weighted by molar-refractivity contribution is -0.142. The van der Waals surface area contributed by atoms with E-state index >= 15 is 0 Å². The molecular formula is C25H25N5O2. The highest BCUT2D eigenvalue weighted by atomic mass is 16.2. The number of nitrogens with one attached hydrogen (secondary N) is 1. The van der Waals surface area contributed by atoms with Crippen molar-refractivity contribution in [2.24, 2.45) is 0 Å². The summed E-state index contributed by atoms with van der Waals surface area (Å²) < 4.78 is 1.96. The molecule has 32 heavy (non-hydrogen) atoms. The first-order valence-electron chi connectivity index (χ1n) is 10.6. The van der Waals surface area contributed by atoms with Crippen molar-refractivity contribution < 1.29 is 9.59 Å². The lowest BCUT2D eigenvalue weighted by Crippen LogP contribution is -2.53. The Hall–Kier alpha value is -3.71. The maximum atomic E-state index is 13.1. The Labute approximate surface area is 186 Å². The number of amides is 2. The van der Waals surface area contributed by atoms with Gasteiger partial charge in [0.1, 0.15) is 5.54 Å². The molecule has 1 unspecified atom stereocenters. The number of carbonyl (C=O) groups is 2. The average Bonchev–Trinajstić information content (AvgIpc) is 3.45. The molecule has 1 atom stereocenters. The second kappa shape index (κ2) is 7.46. The standard InChI is InChI=1S/C25H25N5O2/c1-4-17-8-7-11-20-23(17)25(16-26-20,30-21(31)12-13-22(30)32)24-18-9-5-6-10-19(18)27-29(24)15-14-28(2)3/h4-13,26H,1,14-16H2,2-3H3. The largest absolute Gasteiger partial charge is 0.382 e. The lowest BCUT2D eigenvalue weighted by Gasteiger charge is -2.39. The second-order valence-electron chi connectivity index (χ2n) is 8.43. The third-order valence-electron chi connectivity index (χ3n) is 6.25. The maximum Gasteiger partial charge on any atom is 0.254 e. The van der Waals surface area contributed by atoms with Crippen molar-refractivity contribution in [1.29, 1.82) is 0 Å². The molecule has 0 saturated heterocycles. The van der Waals surface area contributed by atoms with E-state index < -0.39 is 5.54 Å². The van der Waals surface area contributed by atoms with Gasteiger partial charge in [-0.2, -0.15) is 5.10 Å². The number of imide groups is 1.